The van der Waals surface area contributed by atoms with Crippen LogP contribution in [0.5, 0.6) is 17.2 Å². The number of hydrogen-bond donors (Lipinski definition) is 2. The molecule has 2 N–H and O–H groups in total. The zero-order chi connectivity index (χ0) is 18.7. The molecule has 1 atom stereocenters. The Labute approximate surface area is 153 Å². The van der Waals surface area contributed by atoms with Crippen LogP contribution >= 0.6 is 0 Å². The molecular weight excluding hydrogens is 332 g/mol. The summed E-state index contributed by atoms with van der Waals surface area (Å²) >= 11 is 0. The van der Waals surface area contributed by atoms with E-state index in [4.69, 9.17) is 14.2 Å². The fraction of sp³-hybridized carbons (Fsp3) is 0.350. The van der Waals surface area contributed by atoms with E-state index in [0.717, 1.165) is 17.1 Å². The quantitative estimate of drug-likeness (QED) is 0.864. The molecule has 1 heterocycles. The molecule has 0 saturated heterocycles. The van der Waals surface area contributed by atoms with E-state index in [1.54, 1.807) is 26.4 Å². The molecule has 6 nitrogen and oxygen atoms in total. The first kappa shape index (κ1) is 17.9. The van der Waals surface area contributed by atoms with Crippen molar-refractivity contribution in [2.24, 2.45) is 0 Å². The second kappa shape index (κ2) is 7.15. The lowest BCUT2D eigenvalue weighted by Crippen LogP contribution is -2.42. The summed E-state index contributed by atoms with van der Waals surface area (Å²) < 4.78 is 16.6. The molecule has 1 aliphatic rings. The van der Waals surface area contributed by atoms with Crippen molar-refractivity contribution in [2.45, 2.75) is 31.9 Å². The minimum absolute atomic E-state index is 0.172. The van der Waals surface area contributed by atoms with Crippen molar-refractivity contribution >= 4 is 11.7 Å². The molecule has 0 saturated carbocycles. The van der Waals surface area contributed by atoms with Crippen LogP contribution in [0.25, 0.3) is 0 Å². The lowest BCUT2D eigenvalue weighted by molar-refractivity contribution is 0.0679. The maximum absolute atomic E-state index is 12.5. The summed E-state index contributed by atoms with van der Waals surface area (Å²) in [5.41, 5.74) is 1.15. The van der Waals surface area contributed by atoms with E-state index in [2.05, 4.69) is 10.6 Å². The second-order valence-electron chi connectivity index (χ2n) is 6.82. The highest BCUT2D eigenvalue weighted by Crippen LogP contribution is 2.41. The van der Waals surface area contributed by atoms with Gasteiger partial charge in [-0.15, -0.1) is 0 Å². The molecule has 0 aromatic heterocycles. The summed E-state index contributed by atoms with van der Waals surface area (Å²) in [6, 6.07) is 12.5. The topological polar surface area (TPSA) is 68.8 Å². The van der Waals surface area contributed by atoms with Crippen molar-refractivity contribution in [1.82, 2.24) is 5.32 Å². The molecule has 138 valence electrons. The van der Waals surface area contributed by atoms with Crippen LogP contribution in [0.3, 0.4) is 0 Å². The predicted octanol–water partition coefficient (Wildman–Crippen LogP) is 4.13. The minimum Gasteiger partial charge on any atom is -0.497 e. The fourth-order valence-electron chi connectivity index (χ4n) is 3.15. The molecule has 2 amide bonds. The Morgan fingerprint density at radius 2 is 1.92 bits per heavy atom. The van der Waals surface area contributed by atoms with Crippen LogP contribution < -0.4 is 24.8 Å². The first-order valence-corrected chi connectivity index (χ1v) is 8.49. The molecule has 0 aliphatic carbocycles. The molecule has 0 radical (unpaired) electrons. The molecule has 0 bridgehead atoms. The van der Waals surface area contributed by atoms with Gasteiger partial charge in [-0.25, -0.2) is 4.79 Å². The van der Waals surface area contributed by atoms with E-state index >= 15 is 0 Å². The summed E-state index contributed by atoms with van der Waals surface area (Å²) in [5, 5.41) is 5.89. The van der Waals surface area contributed by atoms with Gasteiger partial charge in [-0.3, -0.25) is 0 Å². The van der Waals surface area contributed by atoms with Crippen molar-refractivity contribution in [1.29, 1.82) is 0 Å². The van der Waals surface area contributed by atoms with E-state index in [-0.39, 0.29) is 12.1 Å². The molecule has 1 aliphatic heterocycles. The number of carbonyl (C=O) groups excluding carboxylic acids is 1. The molecule has 3 rings (SSSR count). The van der Waals surface area contributed by atoms with Gasteiger partial charge in [0.25, 0.3) is 0 Å². The van der Waals surface area contributed by atoms with Crippen LogP contribution in [0, 0.1) is 0 Å². The number of nitrogens with one attached hydrogen (secondary N) is 2. The summed E-state index contributed by atoms with van der Waals surface area (Å²) in [4.78, 5) is 12.5. The maximum atomic E-state index is 12.5. The Balaban J connectivity index is 1.80. The number of hydrogen-bond acceptors (Lipinski definition) is 4. The van der Waals surface area contributed by atoms with Gasteiger partial charge in [-0.2, -0.15) is 0 Å². The third-order valence-corrected chi connectivity index (χ3v) is 4.34. The van der Waals surface area contributed by atoms with Gasteiger partial charge in [0, 0.05) is 18.1 Å². The van der Waals surface area contributed by atoms with Gasteiger partial charge in [0.15, 0.2) is 0 Å². The van der Waals surface area contributed by atoms with Gasteiger partial charge in [0.1, 0.15) is 22.8 Å². The van der Waals surface area contributed by atoms with Crippen LogP contribution in [-0.2, 0) is 0 Å². The van der Waals surface area contributed by atoms with E-state index in [1.807, 2.05) is 44.2 Å². The van der Waals surface area contributed by atoms with Gasteiger partial charge in [-0.05, 0) is 38.1 Å². The third-order valence-electron chi connectivity index (χ3n) is 4.34. The molecule has 26 heavy (non-hydrogen) atoms. The molecule has 0 fully saturated rings. The number of rotatable bonds is 4. The van der Waals surface area contributed by atoms with Crippen LogP contribution in [-0.4, -0.2) is 25.9 Å². The number of benzene rings is 2. The van der Waals surface area contributed by atoms with E-state index in [0.29, 0.717) is 17.9 Å². The monoisotopic (exact) mass is 356 g/mol. The smallest absolute Gasteiger partial charge is 0.319 e. The van der Waals surface area contributed by atoms with Crippen LogP contribution in [0.15, 0.2) is 42.5 Å². The number of anilines is 1. The zero-order valence-electron chi connectivity index (χ0n) is 15.5. The summed E-state index contributed by atoms with van der Waals surface area (Å²) in [6.07, 6.45) is 0.658. The highest BCUT2D eigenvalue weighted by Gasteiger charge is 2.34. The molecule has 1 unspecified atom stereocenters. The minimum atomic E-state index is -0.401. The Hall–Kier alpha value is -2.89. The molecule has 2 aromatic rings. The summed E-state index contributed by atoms with van der Waals surface area (Å²) in [6.45, 7) is 4.00. The Morgan fingerprint density at radius 3 is 2.65 bits per heavy atom. The van der Waals surface area contributed by atoms with Gasteiger partial charge >= 0.3 is 6.03 Å². The number of ether oxygens (including phenoxy) is 3. The van der Waals surface area contributed by atoms with Crippen LogP contribution in [0.4, 0.5) is 10.5 Å². The van der Waals surface area contributed by atoms with Crippen molar-refractivity contribution < 1.29 is 19.0 Å². The predicted molar refractivity (Wildman–Crippen MR) is 100 cm³/mol. The first-order chi connectivity index (χ1) is 12.4. The second-order valence-corrected chi connectivity index (χ2v) is 6.82. The number of carbonyl (C=O) groups is 1. The SMILES string of the molecule is COc1ccc2c(c1)OC(C)(C)CC2NC(=O)Nc1ccccc1OC. The number of fused-ring (bicyclic) bond motifs is 1. The number of amides is 2. The Morgan fingerprint density at radius 1 is 1.15 bits per heavy atom. The van der Waals surface area contributed by atoms with E-state index < -0.39 is 5.60 Å². The molecule has 6 heteroatoms. The average Bonchev–Trinajstić information content (AvgIpc) is 2.60. The van der Waals surface area contributed by atoms with E-state index in [1.165, 1.54) is 0 Å². The van der Waals surface area contributed by atoms with Gasteiger partial charge in [0.2, 0.25) is 0 Å². The summed E-state index contributed by atoms with van der Waals surface area (Å²) in [5.74, 6) is 2.06. The van der Waals surface area contributed by atoms with Crippen molar-refractivity contribution in [3.05, 3.63) is 48.0 Å². The highest BCUT2D eigenvalue weighted by atomic mass is 16.5. The Bertz CT molecular complexity index is 804. The fourth-order valence-corrected chi connectivity index (χ4v) is 3.15. The standard InChI is InChI=1S/C20H24N2O4/c1-20(2)12-16(14-10-9-13(24-3)11-18(14)26-20)22-19(23)21-15-7-5-6-8-17(15)25-4/h5-11,16H,12H2,1-4H3,(H2,21,22,23). The normalized spacial score (nSPS) is 17.5. The average molecular weight is 356 g/mol. The lowest BCUT2D eigenvalue weighted by Gasteiger charge is -2.38. The third kappa shape index (κ3) is 3.85. The first-order valence-electron chi connectivity index (χ1n) is 8.49. The lowest BCUT2D eigenvalue weighted by atomic mass is 9.89. The molecule has 2 aromatic carbocycles. The summed E-state index contributed by atoms with van der Waals surface area (Å²) in [7, 11) is 3.19. The highest BCUT2D eigenvalue weighted by molar-refractivity contribution is 5.91. The van der Waals surface area contributed by atoms with Crippen molar-refractivity contribution in [2.75, 3.05) is 19.5 Å². The number of urea groups is 1. The van der Waals surface area contributed by atoms with Crippen molar-refractivity contribution in [3.63, 3.8) is 0 Å². The van der Waals surface area contributed by atoms with Gasteiger partial charge in [-0.1, -0.05) is 12.1 Å². The largest absolute Gasteiger partial charge is 0.497 e. The van der Waals surface area contributed by atoms with Gasteiger partial charge in [0.05, 0.1) is 25.9 Å². The number of methoxy groups -OCH3 is 2. The van der Waals surface area contributed by atoms with Gasteiger partial charge < -0.3 is 24.8 Å². The van der Waals surface area contributed by atoms with E-state index in [9.17, 15) is 4.79 Å². The van der Waals surface area contributed by atoms with Crippen LogP contribution in [0.2, 0.25) is 0 Å². The molecular formula is C20H24N2O4. The zero-order valence-corrected chi connectivity index (χ0v) is 15.5. The van der Waals surface area contributed by atoms with Crippen LogP contribution in [0.1, 0.15) is 31.9 Å². The Kier molecular flexibility index (Phi) is 4.93. The number of para-hydroxylation sites is 2. The molecule has 0 spiro atoms. The maximum Gasteiger partial charge on any atom is 0.319 e. The van der Waals surface area contributed by atoms with Crippen molar-refractivity contribution in [3.8, 4) is 17.2 Å².